The molecule has 0 aliphatic carbocycles. The van der Waals surface area contributed by atoms with Crippen LogP contribution in [-0.2, 0) is 28.8 Å². The molecular weight excluding hydrogens is 436 g/mol. The van der Waals surface area contributed by atoms with E-state index in [1.807, 2.05) is 6.92 Å². The molecule has 0 aromatic heterocycles. The number of aliphatic hydroxyl groups is 2. The second-order valence-corrected chi connectivity index (χ2v) is 11.1. The lowest BCUT2D eigenvalue weighted by Gasteiger charge is -2.30. The zero-order valence-electron chi connectivity index (χ0n) is 19.3. The highest BCUT2D eigenvalue weighted by Crippen LogP contribution is 2.40. The summed E-state index contributed by atoms with van der Waals surface area (Å²) in [6.45, 7) is 7.89. The van der Waals surface area contributed by atoms with Gasteiger partial charge in [-0.15, -0.1) is 0 Å². The molecule has 9 heteroatoms. The van der Waals surface area contributed by atoms with E-state index in [4.69, 9.17) is 18.9 Å². The molecule has 3 rings (SSSR count). The van der Waals surface area contributed by atoms with E-state index < -0.39 is 51.8 Å². The van der Waals surface area contributed by atoms with Crippen molar-refractivity contribution in [2.75, 3.05) is 6.61 Å². The number of fused-ring (bicyclic) bond motifs is 1. The number of sulfone groups is 1. The topological polar surface area (TPSA) is 112 Å². The smallest absolute Gasteiger partial charge is 0.207 e. The molecule has 0 amide bonds. The van der Waals surface area contributed by atoms with Crippen LogP contribution in [0.15, 0.2) is 29.2 Å². The molecule has 0 spiro atoms. The fourth-order valence-corrected chi connectivity index (χ4v) is 5.42. The van der Waals surface area contributed by atoms with E-state index in [-0.39, 0.29) is 4.90 Å². The predicted octanol–water partition coefficient (Wildman–Crippen LogP) is 2.68. The Morgan fingerprint density at radius 3 is 2.38 bits per heavy atom. The Bertz CT molecular complexity index is 838. The van der Waals surface area contributed by atoms with Gasteiger partial charge in [-0.05, 0) is 39.3 Å². The van der Waals surface area contributed by atoms with Crippen LogP contribution in [0.1, 0.15) is 58.4 Å². The molecule has 1 aromatic carbocycles. The van der Waals surface area contributed by atoms with E-state index in [2.05, 4.69) is 6.92 Å². The highest BCUT2D eigenvalue weighted by Gasteiger charge is 2.58. The molecule has 2 heterocycles. The van der Waals surface area contributed by atoms with Gasteiger partial charge in [-0.1, -0.05) is 50.3 Å². The highest BCUT2D eigenvalue weighted by atomic mass is 32.2. The number of ether oxygens (including phenoxy) is 4. The Kier molecular flexibility index (Phi) is 8.35. The quantitative estimate of drug-likeness (QED) is 0.473. The van der Waals surface area contributed by atoms with Gasteiger partial charge in [-0.3, -0.25) is 0 Å². The fourth-order valence-electron chi connectivity index (χ4n) is 4.11. The van der Waals surface area contributed by atoms with Crippen molar-refractivity contribution in [2.45, 2.75) is 107 Å². The number of aryl methyl sites for hydroxylation is 1. The Hall–Kier alpha value is -1.07. The van der Waals surface area contributed by atoms with Crippen LogP contribution in [0.3, 0.4) is 0 Å². The van der Waals surface area contributed by atoms with E-state index in [1.165, 1.54) is 12.1 Å². The number of hydrogen-bond donors (Lipinski definition) is 2. The maximum absolute atomic E-state index is 12.9. The van der Waals surface area contributed by atoms with Crippen LogP contribution in [-0.4, -0.2) is 67.2 Å². The average Bonchev–Trinajstić information content (AvgIpc) is 3.21. The Labute approximate surface area is 190 Å². The van der Waals surface area contributed by atoms with Crippen LogP contribution in [0.25, 0.3) is 0 Å². The molecule has 182 valence electrons. The molecule has 1 aromatic rings. The van der Waals surface area contributed by atoms with Crippen molar-refractivity contribution in [2.24, 2.45) is 0 Å². The molecule has 2 aliphatic heterocycles. The van der Waals surface area contributed by atoms with E-state index in [9.17, 15) is 18.6 Å². The first-order valence-electron chi connectivity index (χ1n) is 11.4. The van der Waals surface area contributed by atoms with Crippen molar-refractivity contribution in [1.29, 1.82) is 0 Å². The molecule has 0 bridgehead atoms. The third kappa shape index (κ3) is 5.70. The molecule has 2 aliphatic rings. The fraction of sp³-hybridized carbons (Fsp3) is 0.739. The van der Waals surface area contributed by atoms with Crippen LogP contribution >= 0.6 is 0 Å². The normalized spacial score (nSPS) is 29.1. The van der Waals surface area contributed by atoms with Gasteiger partial charge in [0.05, 0.1) is 4.90 Å². The van der Waals surface area contributed by atoms with Crippen molar-refractivity contribution < 1.29 is 37.6 Å². The van der Waals surface area contributed by atoms with Crippen LogP contribution in [0, 0.1) is 6.92 Å². The molecule has 32 heavy (non-hydrogen) atoms. The zero-order chi connectivity index (χ0) is 23.5. The van der Waals surface area contributed by atoms with Gasteiger partial charge in [0.25, 0.3) is 0 Å². The maximum atomic E-state index is 12.9. The summed E-state index contributed by atoms with van der Waals surface area (Å²) in [7, 11) is -4.21. The van der Waals surface area contributed by atoms with Gasteiger partial charge >= 0.3 is 0 Å². The molecule has 1 unspecified atom stereocenters. The van der Waals surface area contributed by atoms with Crippen molar-refractivity contribution in [3.8, 4) is 0 Å². The van der Waals surface area contributed by atoms with E-state index in [1.54, 1.807) is 26.0 Å². The monoisotopic (exact) mass is 472 g/mol. The van der Waals surface area contributed by atoms with Gasteiger partial charge in [0.1, 0.15) is 24.4 Å². The summed E-state index contributed by atoms with van der Waals surface area (Å²) in [6.07, 6.45) is 0.166. The van der Waals surface area contributed by atoms with Crippen molar-refractivity contribution in [1.82, 2.24) is 0 Å². The summed E-state index contributed by atoms with van der Waals surface area (Å²) in [6, 6.07) is 6.08. The minimum atomic E-state index is -4.21. The molecule has 0 saturated carbocycles. The minimum Gasteiger partial charge on any atom is -0.386 e. The van der Waals surface area contributed by atoms with Gasteiger partial charge in [0, 0.05) is 6.61 Å². The third-order valence-electron chi connectivity index (χ3n) is 5.88. The Morgan fingerprint density at radius 1 is 1.06 bits per heavy atom. The Balaban J connectivity index is 1.72. The van der Waals surface area contributed by atoms with Gasteiger partial charge in [0.15, 0.2) is 17.5 Å². The minimum absolute atomic E-state index is 0.0742. The highest BCUT2D eigenvalue weighted by molar-refractivity contribution is 7.92. The first kappa shape index (κ1) is 25.6. The number of hydrogen-bond acceptors (Lipinski definition) is 8. The van der Waals surface area contributed by atoms with Gasteiger partial charge < -0.3 is 29.2 Å². The van der Waals surface area contributed by atoms with E-state index >= 15 is 0 Å². The van der Waals surface area contributed by atoms with Crippen molar-refractivity contribution in [3.05, 3.63) is 29.8 Å². The van der Waals surface area contributed by atoms with Crippen LogP contribution < -0.4 is 0 Å². The Morgan fingerprint density at radius 2 is 1.72 bits per heavy atom. The largest absolute Gasteiger partial charge is 0.386 e. The predicted molar refractivity (Wildman–Crippen MR) is 118 cm³/mol. The molecule has 0 radical (unpaired) electrons. The number of unbranched alkanes of at least 4 members (excludes halogenated alkanes) is 4. The summed E-state index contributed by atoms with van der Waals surface area (Å²) in [5.74, 6) is -0.888. The summed E-state index contributed by atoms with van der Waals surface area (Å²) >= 11 is 0. The summed E-state index contributed by atoms with van der Waals surface area (Å²) in [4.78, 5) is -0.0742. The zero-order valence-corrected chi connectivity index (χ0v) is 20.1. The number of benzene rings is 1. The van der Waals surface area contributed by atoms with Gasteiger partial charge in [-0.25, -0.2) is 8.42 Å². The number of rotatable bonds is 11. The molecule has 2 saturated heterocycles. The third-order valence-corrected chi connectivity index (χ3v) is 7.73. The first-order chi connectivity index (χ1) is 15.1. The lowest BCUT2D eigenvalue weighted by Crippen LogP contribution is -2.49. The maximum Gasteiger partial charge on any atom is 0.207 e. The summed E-state index contributed by atoms with van der Waals surface area (Å²) < 4.78 is 49.3. The molecule has 6 atom stereocenters. The van der Waals surface area contributed by atoms with Crippen molar-refractivity contribution in [3.63, 3.8) is 0 Å². The lowest BCUT2D eigenvalue weighted by molar-refractivity contribution is -0.232. The first-order valence-corrected chi connectivity index (χ1v) is 12.9. The summed E-state index contributed by atoms with van der Waals surface area (Å²) in [5.41, 5.74) is -1.20. The average molecular weight is 473 g/mol. The number of aliphatic hydroxyl groups excluding tert-OH is 2. The van der Waals surface area contributed by atoms with Gasteiger partial charge in [-0.2, -0.15) is 0 Å². The van der Waals surface area contributed by atoms with Crippen LogP contribution in [0.4, 0.5) is 0 Å². The molecule has 2 N–H and O–H groups in total. The molecule has 8 nitrogen and oxygen atoms in total. The molecule has 2 fully saturated rings. The van der Waals surface area contributed by atoms with E-state index in [0.29, 0.717) is 6.61 Å². The SMILES string of the molecule is CCCCCCCO[C@@H]1[C@H]2OC(C)(C)O[C@H]2O[C@@H]1[C@H](O)C(O)S(=O)(=O)c1ccc(C)cc1. The summed E-state index contributed by atoms with van der Waals surface area (Å²) in [5, 5.41) is 21.5. The van der Waals surface area contributed by atoms with Crippen LogP contribution in [0.5, 0.6) is 0 Å². The lowest BCUT2D eigenvalue weighted by atomic mass is 10.1. The van der Waals surface area contributed by atoms with Crippen molar-refractivity contribution >= 4 is 9.84 Å². The van der Waals surface area contributed by atoms with Gasteiger partial charge in [0.2, 0.25) is 9.84 Å². The molecular formula is C23H36O8S. The second kappa shape index (κ2) is 10.5. The standard InChI is InChI=1S/C23H36O8S/c1-5-6-7-8-9-14-28-19-18(29-22-20(19)30-23(3,4)31-22)17(24)21(25)32(26,27)16-12-10-15(2)11-13-16/h10-13,17-22,24-25H,5-9,14H2,1-4H3/t17-,18+,19-,20+,21?,22+/m0/s1. The van der Waals surface area contributed by atoms with E-state index in [0.717, 1.165) is 37.7 Å². The van der Waals surface area contributed by atoms with Crippen LogP contribution in [0.2, 0.25) is 0 Å². The second-order valence-electron chi connectivity index (χ2n) is 9.06.